The van der Waals surface area contributed by atoms with Crippen LogP contribution in [0, 0.1) is 11.3 Å². The third kappa shape index (κ3) is 2.47. The molecule has 0 amide bonds. The smallest absolute Gasteiger partial charge is 0.398 e. The Morgan fingerprint density at radius 2 is 1.80 bits per heavy atom. The first-order valence-electron chi connectivity index (χ1n) is 6.45. The molecule has 0 atom stereocenters. The molecule has 0 spiro atoms. The van der Waals surface area contributed by atoms with E-state index in [0.29, 0.717) is 11.2 Å². The molecule has 1 aliphatic rings. The maximum Gasteiger partial charge on any atom is 0.514 e. The van der Waals surface area contributed by atoms with Crippen LogP contribution in [0.25, 0.3) is 0 Å². The second-order valence-corrected chi connectivity index (χ2v) is 5.92. The first kappa shape index (κ1) is 14.7. The second kappa shape index (κ2) is 4.69. The largest absolute Gasteiger partial charge is 0.514 e. The molecule has 0 saturated carbocycles. The van der Waals surface area contributed by atoms with Crippen LogP contribution in [0.15, 0.2) is 12.1 Å². The quantitative estimate of drug-likeness (QED) is 0.602. The molecule has 1 aliphatic heterocycles. The van der Waals surface area contributed by atoms with Gasteiger partial charge in [0.1, 0.15) is 5.69 Å². The monoisotopic (exact) mass is 272 g/mol. The molecule has 0 aliphatic carbocycles. The van der Waals surface area contributed by atoms with Gasteiger partial charge in [-0.2, -0.15) is 5.26 Å². The Kier molecular flexibility index (Phi) is 3.45. The number of Topliss-reactive ketones (excluding diaryl/α,β-unsaturated/α-hetero) is 1. The topological polar surface area (TPSA) is 72.2 Å². The van der Waals surface area contributed by atoms with Gasteiger partial charge < -0.3 is 9.31 Å². The van der Waals surface area contributed by atoms with Gasteiger partial charge in [0.25, 0.3) is 0 Å². The zero-order valence-corrected chi connectivity index (χ0v) is 12.4. The van der Waals surface area contributed by atoms with Crippen LogP contribution >= 0.6 is 0 Å². The lowest BCUT2D eigenvalue weighted by atomic mass is 9.83. The van der Waals surface area contributed by atoms with E-state index < -0.39 is 18.3 Å². The molecule has 1 aromatic rings. The molecule has 20 heavy (non-hydrogen) atoms. The van der Waals surface area contributed by atoms with E-state index in [9.17, 15) is 4.79 Å². The van der Waals surface area contributed by atoms with E-state index in [0.717, 1.165) is 0 Å². The molecule has 104 valence electrons. The van der Waals surface area contributed by atoms with Crippen LogP contribution in [0.3, 0.4) is 0 Å². The highest BCUT2D eigenvalue weighted by molar-refractivity contribution is 6.61. The molecule has 0 radical (unpaired) electrons. The minimum absolute atomic E-state index is 0.195. The molecule has 6 heteroatoms. The second-order valence-electron chi connectivity index (χ2n) is 5.92. The fourth-order valence-electron chi connectivity index (χ4n) is 1.88. The van der Waals surface area contributed by atoms with E-state index in [1.54, 1.807) is 6.07 Å². The summed E-state index contributed by atoms with van der Waals surface area (Å²) in [5, 5.41) is 9.05. The zero-order chi connectivity index (χ0) is 15.1. The highest BCUT2D eigenvalue weighted by atomic mass is 16.7. The Morgan fingerprint density at radius 1 is 1.25 bits per heavy atom. The van der Waals surface area contributed by atoms with Gasteiger partial charge in [0, 0.05) is 6.92 Å². The summed E-state index contributed by atoms with van der Waals surface area (Å²) in [6, 6.07) is 5.09. The third-order valence-electron chi connectivity index (χ3n) is 3.83. The summed E-state index contributed by atoms with van der Waals surface area (Å²) in [6.07, 6.45) is 0. The van der Waals surface area contributed by atoms with Gasteiger partial charge in [-0.15, -0.1) is 0 Å². The first-order chi connectivity index (χ1) is 9.16. The third-order valence-corrected chi connectivity index (χ3v) is 3.83. The van der Waals surface area contributed by atoms with Crippen LogP contribution in [0.1, 0.15) is 50.7 Å². The number of carbonyl (C=O) groups is 1. The van der Waals surface area contributed by atoms with E-state index in [1.165, 1.54) is 13.0 Å². The van der Waals surface area contributed by atoms with Crippen molar-refractivity contribution in [2.45, 2.75) is 45.8 Å². The van der Waals surface area contributed by atoms with Gasteiger partial charge in [0.15, 0.2) is 5.78 Å². The number of pyridine rings is 1. The van der Waals surface area contributed by atoms with Crippen LogP contribution in [0.2, 0.25) is 0 Å². The number of rotatable bonds is 2. The van der Waals surface area contributed by atoms with Crippen LogP contribution in [-0.2, 0) is 9.31 Å². The maximum atomic E-state index is 11.5. The molecular formula is C14H17BN2O3. The van der Waals surface area contributed by atoms with Crippen molar-refractivity contribution in [2.75, 3.05) is 0 Å². The van der Waals surface area contributed by atoms with Gasteiger partial charge in [-0.1, -0.05) is 0 Å². The van der Waals surface area contributed by atoms with Crippen LogP contribution in [0.4, 0.5) is 0 Å². The van der Waals surface area contributed by atoms with Crippen molar-refractivity contribution >= 4 is 18.5 Å². The van der Waals surface area contributed by atoms with Crippen LogP contribution < -0.4 is 5.59 Å². The summed E-state index contributed by atoms with van der Waals surface area (Å²) < 4.78 is 11.8. The molecule has 1 aromatic heterocycles. The highest BCUT2D eigenvalue weighted by Gasteiger charge is 2.52. The van der Waals surface area contributed by atoms with Gasteiger partial charge in [-0.05, 0) is 39.8 Å². The van der Waals surface area contributed by atoms with Crippen molar-refractivity contribution < 1.29 is 14.1 Å². The van der Waals surface area contributed by atoms with Gasteiger partial charge in [0.2, 0.25) is 0 Å². The number of aromatic nitrogens is 1. The zero-order valence-electron chi connectivity index (χ0n) is 12.4. The summed E-state index contributed by atoms with van der Waals surface area (Å²) in [5.41, 5.74) is 0.0908. The summed E-state index contributed by atoms with van der Waals surface area (Å²) in [7, 11) is -0.675. The minimum Gasteiger partial charge on any atom is -0.398 e. The van der Waals surface area contributed by atoms with Crippen molar-refractivity contribution in [1.29, 1.82) is 5.26 Å². The lowest BCUT2D eigenvalue weighted by Gasteiger charge is -2.32. The predicted octanol–water partition coefficient (Wildman–Crippen LogP) is 1.46. The van der Waals surface area contributed by atoms with E-state index in [4.69, 9.17) is 14.6 Å². The lowest BCUT2D eigenvalue weighted by molar-refractivity contribution is 0.00578. The van der Waals surface area contributed by atoms with Crippen molar-refractivity contribution in [3.63, 3.8) is 0 Å². The van der Waals surface area contributed by atoms with Crippen molar-refractivity contribution in [3.05, 3.63) is 23.4 Å². The Balaban J connectivity index is 2.43. The molecule has 0 aromatic carbocycles. The average molecular weight is 272 g/mol. The van der Waals surface area contributed by atoms with E-state index >= 15 is 0 Å². The number of nitriles is 1. The van der Waals surface area contributed by atoms with Gasteiger partial charge in [-0.3, -0.25) is 9.78 Å². The summed E-state index contributed by atoms with van der Waals surface area (Å²) in [5.74, 6) is -0.195. The van der Waals surface area contributed by atoms with Crippen LogP contribution in [0.5, 0.6) is 0 Å². The molecule has 0 N–H and O–H groups in total. The molecular weight excluding hydrogens is 255 g/mol. The minimum atomic E-state index is -0.675. The predicted molar refractivity (Wildman–Crippen MR) is 74.7 cm³/mol. The molecule has 5 nitrogen and oxygen atoms in total. The molecule has 2 rings (SSSR count). The van der Waals surface area contributed by atoms with Crippen molar-refractivity contribution in [3.8, 4) is 6.07 Å². The number of hydrogen-bond acceptors (Lipinski definition) is 5. The average Bonchev–Trinajstić information content (AvgIpc) is 2.58. The fraction of sp³-hybridized carbons (Fsp3) is 0.500. The molecule has 1 saturated heterocycles. The first-order valence-corrected chi connectivity index (χ1v) is 6.45. The number of carbonyl (C=O) groups excluding carboxylic acids is 1. The summed E-state index contributed by atoms with van der Waals surface area (Å²) in [6.45, 7) is 9.16. The Morgan fingerprint density at radius 3 is 2.25 bits per heavy atom. The maximum absolute atomic E-state index is 11.5. The fourth-order valence-corrected chi connectivity index (χ4v) is 1.88. The van der Waals surface area contributed by atoms with Gasteiger partial charge >= 0.3 is 7.12 Å². The highest BCUT2D eigenvalue weighted by Crippen LogP contribution is 2.36. The Hall–Kier alpha value is -1.71. The van der Waals surface area contributed by atoms with Gasteiger partial charge in [-0.25, -0.2) is 0 Å². The molecule has 0 bridgehead atoms. The van der Waals surface area contributed by atoms with E-state index in [2.05, 4.69) is 4.98 Å². The van der Waals surface area contributed by atoms with E-state index in [1.807, 2.05) is 33.8 Å². The number of nitrogens with zero attached hydrogens (tertiary/aromatic N) is 2. The van der Waals surface area contributed by atoms with Crippen molar-refractivity contribution in [2.24, 2.45) is 0 Å². The van der Waals surface area contributed by atoms with Crippen molar-refractivity contribution in [1.82, 2.24) is 4.98 Å². The number of hydrogen-bond donors (Lipinski definition) is 0. The number of ketones is 1. The standard InChI is InChI=1S/C14H17BN2O3/c1-9(18)11-6-10(8-16)7-12(17-11)15-19-13(2,3)14(4,5)20-15/h6-7H,1-5H3. The lowest BCUT2D eigenvalue weighted by Crippen LogP contribution is -2.41. The summed E-state index contributed by atoms with van der Waals surface area (Å²) >= 11 is 0. The normalized spacial score (nSPS) is 19.7. The van der Waals surface area contributed by atoms with Gasteiger partial charge in [0.05, 0.1) is 28.4 Å². The summed E-state index contributed by atoms with van der Waals surface area (Å²) in [4.78, 5) is 15.7. The van der Waals surface area contributed by atoms with E-state index in [-0.39, 0.29) is 11.5 Å². The molecule has 0 unspecified atom stereocenters. The molecule has 1 fully saturated rings. The molecule has 2 heterocycles. The Bertz CT molecular complexity index is 589. The Labute approximate surface area is 119 Å². The SMILES string of the molecule is CC(=O)c1cc(C#N)cc(B2OC(C)(C)C(C)(C)O2)n1. The van der Waals surface area contributed by atoms with Crippen LogP contribution in [-0.4, -0.2) is 29.1 Å².